The highest BCUT2D eigenvalue weighted by Gasteiger charge is 2.33. The van der Waals surface area contributed by atoms with Crippen molar-refractivity contribution in [2.75, 3.05) is 20.3 Å². The predicted octanol–water partition coefficient (Wildman–Crippen LogP) is 4.99. The number of hydrogen-bond donors (Lipinski definition) is 0. The fraction of sp³-hybridized carbons (Fsp3) is 0.345. The van der Waals surface area contributed by atoms with Gasteiger partial charge in [-0.3, -0.25) is 9.36 Å². The van der Waals surface area contributed by atoms with E-state index in [1.54, 1.807) is 4.57 Å². The Bertz CT molecular complexity index is 1540. The molecule has 0 amide bonds. The van der Waals surface area contributed by atoms with Crippen molar-refractivity contribution >= 4 is 39.3 Å². The van der Waals surface area contributed by atoms with Crippen molar-refractivity contribution in [2.24, 2.45) is 10.9 Å². The molecule has 0 saturated heterocycles. The zero-order valence-electron chi connectivity index (χ0n) is 22.1. The highest BCUT2D eigenvalue weighted by molar-refractivity contribution is 9.10. The van der Waals surface area contributed by atoms with Crippen LogP contribution < -0.4 is 24.4 Å². The molecule has 3 aromatic rings. The van der Waals surface area contributed by atoms with Crippen molar-refractivity contribution in [3.8, 4) is 11.5 Å². The Morgan fingerprint density at radius 3 is 2.55 bits per heavy atom. The third-order valence-corrected chi connectivity index (χ3v) is 7.53. The van der Waals surface area contributed by atoms with Gasteiger partial charge in [0.05, 0.1) is 46.6 Å². The molecule has 4 rings (SSSR count). The Hall–Kier alpha value is -3.17. The van der Waals surface area contributed by atoms with E-state index >= 15 is 0 Å². The van der Waals surface area contributed by atoms with Gasteiger partial charge in [0.1, 0.15) is 0 Å². The van der Waals surface area contributed by atoms with Gasteiger partial charge >= 0.3 is 5.97 Å². The SMILES string of the molecule is CCOc1cc(/C=c2/sc3n(c2=O)[C@@H](c2ccccc2)C(C(=O)OC)=C(CC)N=3)cc(Br)c1OCC(C)C. The lowest BCUT2D eigenvalue weighted by molar-refractivity contribution is -0.136. The van der Waals surface area contributed by atoms with E-state index in [2.05, 4.69) is 29.8 Å². The topological polar surface area (TPSA) is 79.1 Å². The van der Waals surface area contributed by atoms with E-state index in [-0.39, 0.29) is 5.56 Å². The van der Waals surface area contributed by atoms with E-state index in [0.29, 0.717) is 57.7 Å². The van der Waals surface area contributed by atoms with E-state index in [1.165, 1.54) is 18.4 Å². The van der Waals surface area contributed by atoms with Gasteiger partial charge in [0, 0.05) is 0 Å². The number of esters is 1. The summed E-state index contributed by atoms with van der Waals surface area (Å²) in [4.78, 5) is 32.0. The molecule has 0 bridgehead atoms. The van der Waals surface area contributed by atoms with Crippen LogP contribution in [0.25, 0.3) is 6.08 Å². The van der Waals surface area contributed by atoms with Crippen LogP contribution in [0.4, 0.5) is 0 Å². The Labute approximate surface area is 234 Å². The highest BCUT2D eigenvalue weighted by atomic mass is 79.9. The number of allylic oxidation sites excluding steroid dienone is 1. The summed E-state index contributed by atoms with van der Waals surface area (Å²) in [6.45, 7) is 9.05. The lowest BCUT2D eigenvalue weighted by Crippen LogP contribution is -2.40. The minimum Gasteiger partial charge on any atom is -0.490 e. The highest BCUT2D eigenvalue weighted by Crippen LogP contribution is 2.37. The predicted molar refractivity (Wildman–Crippen MR) is 152 cm³/mol. The number of benzene rings is 2. The molecule has 0 radical (unpaired) electrons. The second-order valence-corrected chi connectivity index (χ2v) is 11.0. The molecule has 0 unspecified atom stereocenters. The number of rotatable bonds is 9. The first-order chi connectivity index (χ1) is 18.3. The van der Waals surface area contributed by atoms with Crippen molar-refractivity contribution in [1.29, 1.82) is 0 Å². The van der Waals surface area contributed by atoms with Crippen molar-refractivity contribution in [3.05, 3.63) is 89.0 Å². The maximum Gasteiger partial charge on any atom is 0.338 e. The Morgan fingerprint density at radius 1 is 1.18 bits per heavy atom. The minimum atomic E-state index is -0.630. The van der Waals surface area contributed by atoms with E-state index in [9.17, 15) is 9.59 Å². The molecule has 0 spiro atoms. The molecule has 0 saturated carbocycles. The third-order valence-electron chi connectivity index (χ3n) is 5.96. The van der Waals surface area contributed by atoms with Crippen LogP contribution in [0.1, 0.15) is 51.3 Å². The molecular weight excluding hydrogens is 568 g/mol. The number of thiazole rings is 1. The summed E-state index contributed by atoms with van der Waals surface area (Å²) < 4.78 is 19.8. The fourth-order valence-electron chi connectivity index (χ4n) is 4.29. The van der Waals surface area contributed by atoms with Gasteiger partial charge in [-0.2, -0.15) is 0 Å². The first kappa shape index (κ1) is 27.9. The van der Waals surface area contributed by atoms with Crippen LogP contribution in [0.5, 0.6) is 11.5 Å². The summed E-state index contributed by atoms with van der Waals surface area (Å²) in [5.41, 5.74) is 2.37. The van der Waals surface area contributed by atoms with E-state index in [4.69, 9.17) is 19.2 Å². The van der Waals surface area contributed by atoms with Crippen LogP contribution in [0.2, 0.25) is 0 Å². The molecule has 1 aromatic heterocycles. The molecule has 9 heteroatoms. The minimum absolute atomic E-state index is 0.228. The first-order valence-electron chi connectivity index (χ1n) is 12.6. The number of carbonyl (C=O) groups excluding carboxylic acids is 1. The molecule has 1 aliphatic heterocycles. The standard InChI is InChI=1S/C29H31BrN2O5S/c1-6-21-24(28(34)35-5)25(19-11-9-8-10-12-19)32-27(33)23(38-29(32)31-21)15-18-13-20(30)26(37-16-17(3)4)22(14-18)36-7-2/h8-15,17,25H,6-7,16H2,1-5H3/b23-15+/t25-/m0/s1. The van der Waals surface area contributed by atoms with Gasteiger partial charge in [-0.1, -0.05) is 62.4 Å². The van der Waals surface area contributed by atoms with Gasteiger partial charge in [-0.25, -0.2) is 9.79 Å². The van der Waals surface area contributed by atoms with Crippen molar-refractivity contribution in [3.63, 3.8) is 0 Å². The van der Waals surface area contributed by atoms with Crippen LogP contribution in [0, 0.1) is 5.92 Å². The molecule has 0 aliphatic carbocycles. The van der Waals surface area contributed by atoms with Crippen LogP contribution in [0.15, 0.2) is 68.0 Å². The summed E-state index contributed by atoms with van der Waals surface area (Å²) in [5.74, 6) is 1.11. The Kier molecular flexibility index (Phi) is 8.89. The molecule has 1 atom stereocenters. The summed E-state index contributed by atoms with van der Waals surface area (Å²) in [5, 5.41) is 0. The zero-order chi connectivity index (χ0) is 27.4. The second-order valence-electron chi connectivity index (χ2n) is 9.17. The van der Waals surface area contributed by atoms with E-state index < -0.39 is 12.0 Å². The summed E-state index contributed by atoms with van der Waals surface area (Å²) in [6, 6.07) is 12.6. The number of carbonyl (C=O) groups is 1. The van der Waals surface area contributed by atoms with Crippen LogP contribution in [-0.4, -0.2) is 30.9 Å². The zero-order valence-corrected chi connectivity index (χ0v) is 24.5. The average Bonchev–Trinajstić information content (AvgIpc) is 3.21. The lowest BCUT2D eigenvalue weighted by Gasteiger charge is -2.25. The second kappa shape index (κ2) is 12.1. The maximum atomic E-state index is 13.8. The van der Waals surface area contributed by atoms with Crippen molar-refractivity contribution < 1.29 is 19.0 Å². The fourth-order valence-corrected chi connectivity index (χ4v) is 5.88. The van der Waals surface area contributed by atoms with E-state index in [1.807, 2.05) is 62.4 Å². The number of fused-ring (bicyclic) bond motifs is 1. The molecule has 200 valence electrons. The van der Waals surface area contributed by atoms with Gasteiger partial charge in [0.25, 0.3) is 5.56 Å². The normalized spacial score (nSPS) is 15.3. The summed E-state index contributed by atoms with van der Waals surface area (Å²) >= 11 is 4.91. The van der Waals surface area contributed by atoms with Gasteiger partial charge < -0.3 is 14.2 Å². The molecule has 1 aliphatic rings. The monoisotopic (exact) mass is 598 g/mol. The van der Waals surface area contributed by atoms with Gasteiger partial charge in [0.15, 0.2) is 16.3 Å². The van der Waals surface area contributed by atoms with Gasteiger partial charge in [0.2, 0.25) is 0 Å². The molecule has 7 nitrogen and oxygen atoms in total. The third kappa shape index (κ3) is 5.63. The Morgan fingerprint density at radius 2 is 1.92 bits per heavy atom. The molecule has 2 aromatic carbocycles. The van der Waals surface area contributed by atoms with Crippen LogP contribution in [0.3, 0.4) is 0 Å². The number of methoxy groups -OCH3 is 1. The molecule has 38 heavy (non-hydrogen) atoms. The molecule has 0 fully saturated rings. The van der Waals surface area contributed by atoms with Crippen LogP contribution >= 0.6 is 27.3 Å². The van der Waals surface area contributed by atoms with E-state index in [0.717, 1.165) is 15.6 Å². The Balaban J connectivity index is 1.90. The largest absolute Gasteiger partial charge is 0.490 e. The van der Waals surface area contributed by atoms with Crippen molar-refractivity contribution in [2.45, 2.75) is 40.2 Å². The van der Waals surface area contributed by atoms with Crippen molar-refractivity contribution in [1.82, 2.24) is 4.57 Å². The van der Waals surface area contributed by atoms with Gasteiger partial charge in [-0.05, 0) is 64.5 Å². The summed E-state index contributed by atoms with van der Waals surface area (Å²) in [7, 11) is 1.35. The smallest absolute Gasteiger partial charge is 0.338 e. The van der Waals surface area contributed by atoms with Crippen LogP contribution in [-0.2, 0) is 9.53 Å². The molecular formula is C29H31BrN2O5S. The quantitative estimate of drug-likeness (QED) is 0.324. The average molecular weight is 600 g/mol. The van der Waals surface area contributed by atoms with Gasteiger partial charge in [-0.15, -0.1) is 0 Å². The number of ether oxygens (including phenoxy) is 3. The molecule has 2 heterocycles. The first-order valence-corrected chi connectivity index (χ1v) is 14.2. The number of hydrogen-bond acceptors (Lipinski definition) is 7. The number of nitrogens with zero attached hydrogens (tertiary/aromatic N) is 2. The maximum absolute atomic E-state index is 13.8. The number of halogens is 1. The number of aromatic nitrogens is 1. The summed E-state index contributed by atoms with van der Waals surface area (Å²) in [6.07, 6.45) is 2.35. The molecule has 0 N–H and O–H groups in total. The lowest BCUT2D eigenvalue weighted by atomic mass is 9.95.